The lowest BCUT2D eigenvalue weighted by molar-refractivity contribution is 0.0979. The summed E-state index contributed by atoms with van der Waals surface area (Å²) in [5, 5.41) is -0.0661. The molecule has 0 aliphatic rings. The number of rotatable bonds is 7. The van der Waals surface area contributed by atoms with Crippen LogP contribution in [-0.4, -0.2) is 5.78 Å². The Labute approximate surface area is 106 Å². The summed E-state index contributed by atoms with van der Waals surface area (Å²) in [5.41, 5.74) is 0.287. The van der Waals surface area contributed by atoms with Crippen molar-refractivity contribution in [1.82, 2.24) is 0 Å². The fraction of sp³-hybridized carbons (Fsp3) is 0.357. The maximum atomic E-state index is 13.1. The number of Topliss-reactive ketones (excluding diaryl/α,β-unsaturated/α-hetero) is 1. The number of carbonyl (C=O) groups excluding carboxylic acids is 1. The summed E-state index contributed by atoms with van der Waals surface area (Å²) < 4.78 is 13.1. The third-order valence-corrected chi connectivity index (χ3v) is 2.95. The summed E-state index contributed by atoms with van der Waals surface area (Å²) in [4.78, 5) is 11.8. The summed E-state index contributed by atoms with van der Waals surface area (Å²) in [6.07, 6.45) is 6.07. The highest BCUT2D eigenvalue weighted by Crippen LogP contribution is 2.21. The second-order valence-corrected chi connectivity index (χ2v) is 4.29. The Morgan fingerprint density at radius 2 is 2.12 bits per heavy atom. The minimum atomic E-state index is -0.538. The lowest BCUT2D eigenvalue weighted by Crippen LogP contribution is -2.01. The Balaban J connectivity index is 2.47. The highest BCUT2D eigenvalue weighted by Gasteiger charge is 2.12. The predicted octanol–water partition coefficient (Wildman–Crippen LogP) is 4.80. The standard InChI is InChI=1S/C14H16ClFO/c1-2-3-4-5-6-10-13(17)11-8-7-9-12(16)14(11)15/h2,7-9H,1,3-6,10H2. The first kappa shape index (κ1) is 13.9. The molecule has 1 aromatic rings. The molecule has 0 atom stereocenters. The van der Waals surface area contributed by atoms with Crippen LogP contribution in [0.25, 0.3) is 0 Å². The highest BCUT2D eigenvalue weighted by atomic mass is 35.5. The fourth-order valence-corrected chi connectivity index (χ4v) is 1.84. The number of carbonyl (C=O) groups is 1. The first-order chi connectivity index (χ1) is 8.16. The van der Waals surface area contributed by atoms with Crippen LogP contribution in [0.3, 0.4) is 0 Å². The molecular weight excluding hydrogens is 239 g/mol. The molecule has 0 aliphatic carbocycles. The van der Waals surface area contributed by atoms with Crippen molar-refractivity contribution in [2.75, 3.05) is 0 Å². The number of benzene rings is 1. The molecule has 0 aromatic heterocycles. The van der Waals surface area contributed by atoms with Crippen LogP contribution in [0.4, 0.5) is 4.39 Å². The number of halogens is 2. The Morgan fingerprint density at radius 3 is 2.82 bits per heavy atom. The van der Waals surface area contributed by atoms with Crippen LogP contribution < -0.4 is 0 Å². The molecule has 0 aliphatic heterocycles. The largest absolute Gasteiger partial charge is 0.294 e. The number of unbranched alkanes of at least 4 members (excludes halogenated alkanes) is 3. The molecule has 92 valence electrons. The van der Waals surface area contributed by atoms with E-state index in [-0.39, 0.29) is 16.4 Å². The van der Waals surface area contributed by atoms with Gasteiger partial charge in [0.2, 0.25) is 0 Å². The summed E-state index contributed by atoms with van der Waals surface area (Å²) >= 11 is 5.74. The van der Waals surface area contributed by atoms with Crippen LogP contribution >= 0.6 is 11.6 Å². The van der Waals surface area contributed by atoms with E-state index in [1.54, 1.807) is 6.07 Å². The van der Waals surface area contributed by atoms with Gasteiger partial charge in [-0.15, -0.1) is 6.58 Å². The van der Waals surface area contributed by atoms with Gasteiger partial charge in [0.05, 0.1) is 5.02 Å². The second kappa shape index (κ2) is 7.23. The average molecular weight is 255 g/mol. The molecule has 0 bridgehead atoms. The van der Waals surface area contributed by atoms with E-state index in [0.29, 0.717) is 6.42 Å². The molecule has 1 rings (SSSR count). The van der Waals surface area contributed by atoms with Crippen molar-refractivity contribution < 1.29 is 9.18 Å². The van der Waals surface area contributed by atoms with Crippen molar-refractivity contribution in [3.63, 3.8) is 0 Å². The van der Waals surface area contributed by atoms with Crippen molar-refractivity contribution >= 4 is 17.4 Å². The highest BCUT2D eigenvalue weighted by molar-refractivity contribution is 6.34. The lowest BCUT2D eigenvalue weighted by atomic mass is 10.0. The maximum absolute atomic E-state index is 13.1. The molecule has 0 amide bonds. The van der Waals surface area contributed by atoms with Gasteiger partial charge in [-0.2, -0.15) is 0 Å². The summed E-state index contributed by atoms with van der Waals surface area (Å²) in [7, 11) is 0. The van der Waals surface area contributed by atoms with Gasteiger partial charge >= 0.3 is 0 Å². The van der Waals surface area contributed by atoms with Gasteiger partial charge in [0.1, 0.15) is 5.82 Å². The molecule has 0 radical (unpaired) electrons. The first-order valence-electron chi connectivity index (χ1n) is 5.75. The van der Waals surface area contributed by atoms with Gasteiger partial charge < -0.3 is 0 Å². The Hall–Kier alpha value is -1.15. The zero-order valence-corrected chi connectivity index (χ0v) is 10.5. The smallest absolute Gasteiger partial charge is 0.164 e. The minimum Gasteiger partial charge on any atom is -0.294 e. The number of allylic oxidation sites excluding steroid dienone is 1. The average Bonchev–Trinajstić information content (AvgIpc) is 2.32. The Kier molecular flexibility index (Phi) is 5.92. The van der Waals surface area contributed by atoms with Crippen molar-refractivity contribution in [2.45, 2.75) is 32.1 Å². The quantitative estimate of drug-likeness (QED) is 0.388. The molecule has 0 spiro atoms. The Morgan fingerprint density at radius 1 is 1.35 bits per heavy atom. The van der Waals surface area contributed by atoms with E-state index in [9.17, 15) is 9.18 Å². The molecule has 3 heteroatoms. The molecule has 1 aromatic carbocycles. The second-order valence-electron chi connectivity index (χ2n) is 3.91. The summed E-state index contributed by atoms with van der Waals surface area (Å²) in [5.74, 6) is -0.628. The predicted molar refractivity (Wildman–Crippen MR) is 69.0 cm³/mol. The third kappa shape index (κ3) is 4.31. The van der Waals surface area contributed by atoms with Crippen LogP contribution in [0.1, 0.15) is 42.5 Å². The van der Waals surface area contributed by atoms with Crippen LogP contribution in [0.15, 0.2) is 30.9 Å². The van der Waals surface area contributed by atoms with Crippen molar-refractivity contribution in [3.05, 3.63) is 47.3 Å². The summed E-state index contributed by atoms with van der Waals surface area (Å²) in [6.45, 7) is 3.64. The van der Waals surface area contributed by atoms with Crippen molar-refractivity contribution in [3.8, 4) is 0 Å². The molecule has 17 heavy (non-hydrogen) atoms. The fourth-order valence-electron chi connectivity index (χ4n) is 1.60. The molecular formula is C14H16ClFO. The van der Waals surface area contributed by atoms with Crippen LogP contribution in [0, 0.1) is 5.82 Å². The maximum Gasteiger partial charge on any atom is 0.164 e. The van der Waals surface area contributed by atoms with E-state index < -0.39 is 5.82 Å². The molecule has 0 unspecified atom stereocenters. The number of hydrogen-bond acceptors (Lipinski definition) is 1. The normalized spacial score (nSPS) is 10.2. The zero-order valence-electron chi connectivity index (χ0n) is 9.72. The lowest BCUT2D eigenvalue weighted by Gasteiger charge is -2.04. The van der Waals surface area contributed by atoms with Crippen molar-refractivity contribution in [2.24, 2.45) is 0 Å². The van der Waals surface area contributed by atoms with Crippen molar-refractivity contribution in [1.29, 1.82) is 0 Å². The van der Waals surface area contributed by atoms with Gasteiger partial charge in [-0.25, -0.2) is 4.39 Å². The molecule has 0 N–H and O–H groups in total. The van der Waals surface area contributed by atoms with Gasteiger partial charge in [-0.1, -0.05) is 30.2 Å². The number of hydrogen-bond donors (Lipinski definition) is 0. The molecule has 0 saturated heterocycles. The van der Waals surface area contributed by atoms with E-state index >= 15 is 0 Å². The van der Waals surface area contributed by atoms with Crippen LogP contribution in [0.5, 0.6) is 0 Å². The molecule has 0 saturated carbocycles. The molecule has 0 heterocycles. The minimum absolute atomic E-state index is 0.0661. The van der Waals surface area contributed by atoms with E-state index in [1.165, 1.54) is 12.1 Å². The summed E-state index contributed by atoms with van der Waals surface area (Å²) in [6, 6.07) is 4.33. The van der Waals surface area contributed by atoms with Gasteiger partial charge in [-0.05, 0) is 31.4 Å². The molecule has 0 fully saturated rings. The molecule has 1 nitrogen and oxygen atoms in total. The van der Waals surface area contributed by atoms with Crippen LogP contribution in [0.2, 0.25) is 5.02 Å². The van der Waals surface area contributed by atoms with E-state index in [0.717, 1.165) is 25.7 Å². The zero-order chi connectivity index (χ0) is 12.7. The van der Waals surface area contributed by atoms with E-state index in [1.807, 2.05) is 6.08 Å². The first-order valence-corrected chi connectivity index (χ1v) is 6.12. The van der Waals surface area contributed by atoms with E-state index in [2.05, 4.69) is 6.58 Å². The van der Waals surface area contributed by atoms with Gasteiger partial charge in [0.15, 0.2) is 5.78 Å². The van der Waals surface area contributed by atoms with Crippen LogP contribution in [-0.2, 0) is 0 Å². The van der Waals surface area contributed by atoms with Gasteiger partial charge in [-0.3, -0.25) is 4.79 Å². The monoisotopic (exact) mass is 254 g/mol. The SMILES string of the molecule is C=CCCCCCC(=O)c1cccc(F)c1Cl. The number of ketones is 1. The Bertz CT molecular complexity index is 401. The van der Waals surface area contributed by atoms with E-state index in [4.69, 9.17) is 11.6 Å². The topological polar surface area (TPSA) is 17.1 Å². The van der Waals surface area contributed by atoms with Gasteiger partial charge in [0, 0.05) is 12.0 Å². The third-order valence-electron chi connectivity index (χ3n) is 2.56. The van der Waals surface area contributed by atoms with Gasteiger partial charge in [0.25, 0.3) is 0 Å².